The fraction of sp³-hybridized carbons (Fsp3) is 0.438. The highest BCUT2D eigenvalue weighted by molar-refractivity contribution is 7.15. The Kier molecular flexibility index (Phi) is 3.76. The molecule has 1 aromatic carbocycles. The average Bonchev–Trinajstić information content (AvgIpc) is 3.09. The third-order valence-corrected chi connectivity index (χ3v) is 5.22. The highest BCUT2D eigenvalue weighted by atomic mass is 32.1. The van der Waals surface area contributed by atoms with Gasteiger partial charge in [0, 0.05) is 23.7 Å². The lowest BCUT2D eigenvalue weighted by atomic mass is 10.0. The Labute approximate surface area is 124 Å². The molecule has 1 aromatic heterocycles. The lowest BCUT2D eigenvalue weighted by molar-refractivity contribution is 0.703. The summed E-state index contributed by atoms with van der Waals surface area (Å²) in [6, 6.07) is 8.61. The van der Waals surface area contributed by atoms with Crippen molar-refractivity contribution in [3.05, 3.63) is 40.4 Å². The molecule has 1 atom stereocenters. The molecule has 0 fully saturated rings. The molecule has 2 aromatic rings. The lowest BCUT2D eigenvalue weighted by Crippen LogP contribution is -2.13. The van der Waals surface area contributed by atoms with E-state index in [2.05, 4.69) is 43.0 Å². The maximum atomic E-state index is 5.90. The zero-order valence-corrected chi connectivity index (χ0v) is 12.9. The molecule has 0 bridgehead atoms. The van der Waals surface area contributed by atoms with Crippen LogP contribution in [0, 0.1) is 0 Å². The Morgan fingerprint density at radius 2 is 2.20 bits per heavy atom. The summed E-state index contributed by atoms with van der Waals surface area (Å²) < 4.78 is 0. The number of nitrogens with two attached hydrogens (primary N) is 1. The second-order valence-electron chi connectivity index (χ2n) is 5.35. The van der Waals surface area contributed by atoms with Gasteiger partial charge in [-0.25, -0.2) is 4.98 Å². The molecule has 0 radical (unpaired) electrons. The first-order chi connectivity index (χ1) is 9.74. The Bertz CT molecular complexity index is 606. The van der Waals surface area contributed by atoms with Crippen LogP contribution in [0.25, 0.3) is 0 Å². The number of hydrogen-bond acceptors (Lipinski definition) is 4. The van der Waals surface area contributed by atoms with Crippen LogP contribution in [-0.2, 0) is 13.0 Å². The molecule has 0 amide bonds. The smallest absolute Gasteiger partial charge is 0.190 e. The van der Waals surface area contributed by atoms with Crippen molar-refractivity contribution in [2.24, 2.45) is 5.73 Å². The van der Waals surface area contributed by atoms with Gasteiger partial charge in [0.25, 0.3) is 0 Å². The van der Waals surface area contributed by atoms with Gasteiger partial charge >= 0.3 is 0 Å². The maximum Gasteiger partial charge on any atom is 0.190 e. The van der Waals surface area contributed by atoms with Crippen molar-refractivity contribution in [3.63, 3.8) is 0 Å². The second-order valence-corrected chi connectivity index (χ2v) is 6.41. The van der Waals surface area contributed by atoms with Gasteiger partial charge in [-0.2, -0.15) is 0 Å². The first-order valence-electron chi connectivity index (χ1n) is 7.29. The van der Waals surface area contributed by atoms with Crippen molar-refractivity contribution in [2.75, 3.05) is 11.4 Å². The Balaban J connectivity index is 1.98. The molecule has 0 aliphatic carbocycles. The van der Waals surface area contributed by atoms with Crippen LogP contribution in [0.2, 0.25) is 0 Å². The maximum absolute atomic E-state index is 5.90. The Morgan fingerprint density at radius 1 is 1.40 bits per heavy atom. The summed E-state index contributed by atoms with van der Waals surface area (Å²) in [5, 5.41) is 1.10. The van der Waals surface area contributed by atoms with E-state index in [1.807, 2.05) is 0 Å². The summed E-state index contributed by atoms with van der Waals surface area (Å²) in [6.07, 6.45) is 2.21. The van der Waals surface area contributed by atoms with Crippen molar-refractivity contribution in [2.45, 2.75) is 39.2 Å². The van der Waals surface area contributed by atoms with E-state index in [0.29, 0.717) is 12.5 Å². The van der Waals surface area contributed by atoms with Crippen LogP contribution in [0.5, 0.6) is 0 Å². The van der Waals surface area contributed by atoms with Crippen molar-refractivity contribution in [3.8, 4) is 0 Å². The molecular formula is C16H21N3S. The van der Waals surface area contributed by atoms with E-state index >= 15 is 0 Å². The molecule has 20 heavy (non-hydrogen) atoms. The molecule has 0 saturated carbocycles. The van der Waals surface area contributed by atoms with Gasteiger partial charge in [-0.05, 0) is 30.4 Å². The molecule has 1 unspecified atom stereocenters. The summed E-state index contributed by atoms with van der Waals surface area (Å²) in [7, 11) is 0. The summed E-state index contributed by atoms with van der Waals surface area (Å²) in [6.45, 7) is 6.05. The molecular weight excluding hydrogens is 266 g/mol. The predicted molar refractivity (Wildman–Crippen MR) is 85.9 cm³/mol. The molecule has 0 saturated heterocycles. The Morgan fingerprint density at radius 3 is 2.95 bits per heavy atom. The summed E-state index contributed by atoms with van der Waals surface area (Å²) in [4.78, 5) is 8.47. The van der Waals surface area contributed by atoms with E-state index in [1.165, 1.54) is 21.8 Å². The van der Waals surface area contributed by atoms with Crippen LogP contribution in [0.15, 0.2) is 24.3 Å². The number of thiazole rings is 1. The topological polar surface area (TPSA) is 42.2 Å². The van der Waals surface area contributed by atoms with Gasteiger partial charge < -0.3 is 10.6 Å². The van der Waals surface area contributed by atoms with Crippen molar-refractivity contribution in [1.29, 1.82) is 0 Å². The molecule has 106 valence electrons. The third-order valence-electron chi connectivity index (χ3n) is 4.10. The minimum absolute atomic E-state index is 0.483. The first-order valence-corrected chi connectivity index (χ1v) is 8.11. The standard InChI is InChI=1S/C16H21N3S/c1-3-11(2)15-14(10-17)20-16(18-15)19-9-8-12-6-4-5-7-13(12)19/h4-7,11H,3,8-10,17H2,1-2H3. The number of aromatic nitrogens is 1. The summed E-state index contributed by atoms with van der Waals surface area (Å²) in [5.74, 6) is 0.483. The van der Waals surface area contributed by atoms with E-state index < -0.39 is 0 Å². The molecule has 0 spiro atoms. The molecule has 3 nitrogen and oxygen atoms in total. The molecule has 3 rings (SSSR count). The van der Waals surface area contributed by atoms with Crippen molar-refractivity contribution >= 4 is 22.2 Å². The molecule has 1 aliphatic rings. The second kappa shape index (κ2) is 5.54. The predicted octanol–water partition coefficient (Wildman–Crippen LogP) is 3.81. The highest BCUT2D eigenvalue weighted by Gasteiger charge is 2.24. The van der Waals surface area contributed by atoms with Gasteiger partial charge in [0.05, 0.1) is 5.69 Å². The van der Waals surface area contributed by atoms with Crippen LogP contribution >= 0.6 is 11.3 Å². The van der Waals surface area contributed by atoms with E-state index in [-0.39, 0.29) is 0 Å². The van der Waals surface area contributed by atoms with Gasteiger partial charge in [0.15, 0.2) is 5.13 Å². The lowest BCUT2D eigenvalue weighted by Gasteiger charge is -2.15. The van der Waals surface area contributed by atoms with Crippen LogP contribution in [0.1, 0.15) is 42.3 Å². The average molecular weight is 287 g/mol. The van der Waals surface area contributed by atoms with Crippen molar-refractivity contribution < 1.29 is 0 Å². The summed E-state index contributed by atoms with van der Waals surface area (Å²) in [5.41, 5.74) is 9.82. The van der Waals surface area contributed by atoms with Crippen molar-refractivity contribution in [1.82, 2.24) is 4.98 Å². The normalized spacial score (nSPS) is 15.4. The third kappa shape index (κ3) is 2.23. The van der Waals surface area contributed by atoms with Crippen LogP contribution in [0.4, 0.5) is 10.8 Å². The fourth-order valence-corrected chi connectivity index (χ4v) is 3.83. The number of anilines is 2. The number of nitrogens with zero attached hydrogens (tertiary/aromatic N) is 2. The molecule has 4 heteroatoms. The minimum atomic E-state index is 0.483. The van der Waals surface area contributed by atoms with Gasteiger partial charge in [-0.1, -0.05) is 43.4 Å². The van der Waals surface area contributed by atoms with E-state index in [1.54, 1.807) is 11.3 Å². The van der Waals surface area contributed by atoms with Gasteiger partial charge in [0.2, 0.25) is 0 Å². The fourth-order valence-electron chi connectivity index (χ4n) is 2.73. The SMILES string of the molecule is CCC(C)c1nc(N2CCc3ccccc32)sc1CN. The number of para-hydroxylation sites is 1. The number of hydrogen-bond donors (Lipinski definition) is 1. The zero-order valence-electron chi connectivity index (χ0n) is 12.1. The van der Waals surface area contributed by atoms with Gasteiger partial charge in [0.1, 0.15) is 0 Å². The highest BCUT2D eigenvalue weighted by Crippen LogP contribution is 2.39. The Hall–Kier alpha value is -1.39. The zero-order chi connectivity index (χ0) is 14.1. The van der Waals surface area contributed by atoms with Crippen LogP contribution < -0.4 is 10.6 Å². The van der Waals surface area contributed by atoms with Crippen LogP contribution in [-0.4, -0.2) is 11.5 Å². The number of benzene rings is 1. The molecule has 2 heterocycles. The van der Waals surface area contributed by atoms with Gasteiger partial charge in [-0.3, -0.25) is 0 Å². The van der Waals surface area contributed by atoms with Gasteiger partial charge in [-0.15, -0.1) is 0 Å². The van der Waals surface area contributed by atoms with E-state index in [9.17, 15) is 0 Å². The molecule has 1 aliphatic heterocycles. The number of rotatable bonds is 4. The first kappa shape index (κ1) is 13.6. The quantitative estimate of drug-likeness (QED) is 0.929. The largest absolute Gasteiger partial charge is 0.326 e. The molecule has 2 N–H and O–H groups in total. The number of fused-ring (bicyclic) bond motifs is 1. The van der Waals surface area contributed by atoms with E-state index in [4.69, 9.17) is 10.7 Å². The minimum Gasteiger partial charge on any atom is -0.326 e. The monoisotopic (exact) mass is 287 g/mol. The summed E-state index contributed by atoms with van der Waals surface area (Å²) >= 11 is 1.75. The van der Waals surface area contributed by atoms with E-state index in [0.717, 1.165) is 24.5 Å². The van der Waals surface area contributed by atoms with Crippen LogP contribution in [0.3, 0.4) is 0 Å².